The van der Waals surface area contributed by atoms with Crippen LogP contribution in [0, 0.1) is 5.92 Å². The molecule has 2 aromatic rings. The van der Waals surface area contributed by atoms with E-state index >= 15 is 0 Å². The van der Waals surface area contributed by atoms with Gasteiger partial charge in [-0.3, -0.25) is 9.59 Å². The normalized spacial score (nSPS) is 18.4. The van der Waals surface area contributed by atoms with Gasteiger partial charge in [-0.2, -0.15) is 0 Å². The van der Waals surface area contributed by atoms with Crippen molar-refractivity contribution in [3.63, 3.8) is 0 Å². The second-order valence-electron chi connectivity index (χ2n) is 7.19. The Morgan fingerprint density at radius 3 is 2.48 bits per heavy atom. The van der Waals surface area contributed by atoms with Gasteiger partial charge in [0.2, 0.25) is 5.91 Å². The van der Waals surface area contributed by atoms with E-state index in [1.165, 1.54) is 0 Å². The molecule has 6 nitrogen and oxygen atoms in total. The maximum atomic E-state index is 13.0. The quantitative estimate of drug-likeness (QED) is 0.781. The Labute approximate surface area is 171 Å². The van der Waals surface area contributed by atoms with Crippen LogP contribution in [0.1, 0.15) is 35.2 Å². The fourth-order valence-corrected chi connectivity index (χ4v) is 3.82. The van der Waals surface area contributed by atoms with Gasteiger partial charge >= 0.3 is 0 Å². The highest BCUT2D eigenvalue weighted by molar-refractivity contribution is 5.95. The number of nitrogens with zero attached hydrogens (tertiary/aromatic N) is 1. The van der Waals surface area contributed by atoms with Crippen molar-refractivity contribution in [1.82, 2.24) is 10.2 Å². The molecule has 1 fully saturated rings. The predicted molar refractivity (Wildman–Crippen MR) is 111 cm³/mol. The van der Waals surface area contributed by atoms with E-state index in [0.717, 1.165) is 12.0 Å². The van der Waals surface area contributed by atoms with Crippen LogP contribution in [0.3, 0.4) is 0 Å². The number of methoxy groups -OCH3 is 2. The molecule has 2 atom stereocenters. The lowest BCUT2D eigenvalue weighted by Crippen LogP contribution is -2.36. The molecule has 1 saturated heterocycles. The van der Waals surface area contributed by atoms with E-state index in [9.17, 15) is 9.59 Å². The van der Waals surface area contributed by atoms with Crippen molar-refractivity contribution in [2.75, 3.05) is 33.9 Å². The minimum Gasteiger partial charge on any atom is -0.497 e. The summed E-state index contributed by atoms with van der Waals surface area (Å²) in [7, 11) is 3.22. The Morgan fingerprint density at radius 1 is 1.07 bits per heavy atom. The molecule has 2 amide bonds. The second-order valence-corrected chi connectivity index (χ2v) is 7.19. The van der Waals surface area contributed by atoms with Gasteiger partial charge in [0.25, 0.3) is 5.91 Å². The molecule has 1 aliphatic heterocycles. The summed E-state index contributed by atoms with van der Waals surface area (Å²) in [5, 5.41) is 2.99. The van der Waals surface area contributed by atoms with Crippen molar-refractivity contribution < 1.29 is 19.1 Å². The highest BCUT2D eigenvalue weighted by Crippen LogP contribution is 2.40. The molecule has 1 N–H and O–H groups in total. The third kappa shape index (κ3) is 4.53. The van der Waals surface area contributed by atoms with E-state index in [1.54, 1.807) is 31.3 Å². The molecule has 6 heteroatoms. The van der Waals surface area contributed by atoms with Gasteiger partial charge in [-0.25, -0.2) is 0 Å². The topological polar surface area (TPSA) is 67.9 Å². The first-order valence-corrected chi connectivity index (χ1v) is 9.93. The summed E-state index contributed by atoms with van der Waals surface area (Å²) < 4.78 is 10.9. The first kappa shape index (κ1) is 20.7. The Kier molecular flexibility index (Phi) is 6.75. The summed E-state index contributed by atoms with van der Waals surface area (Å²) >= 11 is 0. The van der Waals surface area contributed by atoms with Crippen LogP contribution in [0.15, 0.2) is 48.5 Å². The molecule has 3 rings (SSSR count). The van der Waals surface area contributed by atoms with Gasteiger partial charge < -0.3 is 19.7 Å². The number of carbonyl (C=O) groups is 2. The van der Waals surface area contributed by atoms with E-state index in [-0.39, 0.29) is 23.7 Å². The van der Waals surface area contributed by atoms with Crippen molar-refractivity contribution in [2.24, 2.45) is 5.92 Å². The van der Waals surface area contributed by atoms with Crippen molar-refractivity contribution in [3.8, 4) is 11.5 Å². The molecule has 0 bridgehead atoms. The molecule has 1 aliphatic rings. The van der Waals surface area contributed by atoms with Crippen LogP contribution in [0.25, 0.3) is 0 Å². The molecule has 0 radical (unpaired) electrons. The third-order valence-corrected chi connectivity index (χ3v) is 5.35. The molecular formula is C23H28N2O4. The molecule has 154 valence electrons. The first-order valence-electron chi connectivity index (χ1n) is 9.93. The summed E-state index contributed by atoms with van der Waals surface area (Å²) in [6.45, 7) is 3.45. The Bertz CT molecular complexity index is 853. The highest BCUT2D eigenvalue weighted by atomic mass is 16.5. The fourth-order valence-electron chi connectivity index (χ4n) is 3.82. The number of nitrogens with one attached hydrogen (secondary N) is 1. The molecule has 2 aromatic carbocycles. The van der Waals surface area contributed by atoms with E-state index in [0.29, 0.717) is 36.7 Å². The number of amides is 2. The van der Waals surface area contributed by atoms with Crippen LogP contribution >= 0.6 is 0 Å². The van der Waals surface area contributed by atoms with Crippen LogP contribution in [0.5, 0.6) is 11.5 Å². The molecule has 0 saturated carbocycles. The average Bonchev–Trinajstić information content (AvgIpc) is 3.22. The molecule has 0 spiro atoms. The number of ether oxygens (including phenoxy) is 2. The smallest absolute Gasteiger partial charge is 0.253 e. The second kappa shape index (κ2) is 9.45. The molecule has 0 aromatic heterocycles. The minimum absolute atomic E-state index is 0.0370. The lowest BCUT2D eigenvalue weighted by Gasteiger charge is -2.21. The lowest BCUT2D eigenvalue weighted by atomic mass is 9.87. The SMILES string of the molecule is CCCNC(=O)[C@H]1CN(C(=O)c2ccccc2)C[C@H]1c1cc(OC)ccc1OC. The van der Waals surface area contributed by atoms with Crippen molar-refractivity contribution in [1.29, 1.82) is 0 Å². The summed E-state index contributed by atoms with van der Waals surface area (Å²) in [5.41, 5.74) is 1.50. The van der Waals surface area contributed by atoms with Crippen molar-refractivity contribution in [2.45, 2.75) is 19.3 Å². The largest absolute Gasteiger partial charge is 0.497 e. The van der Waals surface area contributed by atoms with E-state index in [1.807, 2.05) is 43.3 Å². The zero-order valence-electron chi connectivity index (χ0n) is 17.2. The van der Waals surface area contributed by atoms with Gasteiger partial charge in [-0.15, -0.1) is 0 Å². The number of carbonyl (C=O) groups excluding carboxylic acids is 2. The fraction of sp³-hybridized carbons (Fsp3) is 0.391. The van der Waals surface area contributed by atoms with Gasteiger partial charge in [-0.1, -0.05) is 25.1 Å². The van der Waals surface area contributed by atoms with Crippen LogP contribution in [0.2, 0.25) is 0 Å². The minimum atomic E-state index is -0.352. The van der Waals surface area contributed by atoms with Crippen LogP contribution < -0.4 is 14.8 Å². The molecule has 0 aliphatic carbocycles. The van der Waals surface area contributed by atoms with E-state index in [2.05, 4.69) is 5.32 Å². The monoisotopic (exact) mass is 396 g/mol. The van der Waals surface area contributed by atoms with Crippen LogP contribution in [0.4, 0.5) is 0 Å². The summed E-state index contributed by atoms with van der Waals surface area (Å²) in [5.74, 6) is 0.757. The van der Waals surface area contributed by atoms with Crippen molar-refractivity contribution >= 4 is 11.8 Å². The maximum absolute atomic E-state index is 13.0. The van der Waals surface area contributed by atoms with Gasteiger partial charge in [0, 0.05) is 36.7 Å². The average molecular weight is 396 g/mol. The standard InChI is InChI=1S/C23H28N2O4/c1-4-12-24-22(26)20-15-25(23(27)16-8-6-5-7-9-16)14-19(20)18-13-17(28-2)10-11-21(18)29-3/h5-11,13,19-20H,4,12,14-15H2,1-3H3,(H,24,26)/t19-,20-/m0/s1. The summed E-state index contributed by atoms with van der Waals surface area (Å²) in [6.07, 6.45) is 0.859. The molecule has 29 heavy (non-hydrogen) atoms. The molecular weight excluding hydrogens is 368 g/mol. The number of likely N-dealkylation sites (tertiary alicyclic amines) is 1. The third-order valence-electron chi connectivity index (χ3n) is 5.35. The van der Waals surface area contributed by atoms with Gasteiger partial charge in [-0.05, 0) is 36.8 Å². The Morgan fingerprint density at radius 2 is 1.83 bits per heavy atom. The highest BCUT2D eigenvalue weighted by Gasteiger charge is 2.41. The Hall–Kier alpha value is -3.02. The van der Waals surface area contributed by atoms with Crippen LogP contribution in [-0.4, -0.2) is 50.6 Å². The van der Waals surface area contributed by atoms with E-state index in [4.69, 9.17) is 9.47 Å². The molecule has 0 unspecified atom stereocenters. The van der Waals surface area contributed by atoms with Gasteiger partial charge in [0.1, 0.15) is 11.5 Å². The van der Waals surface area contributed by atoms with Crippen molar-refractivity contribution in [3.05, 3.63) is 59.7 Å². The van der Waals surface area contributed by atoms with Gasteiger partial charge in [0.15, 0.2) is 0 Å². The van der Waals surface area contributed by atoms with E-state index < -0.39 is 0 Å². The molecule has 1 heterocycles. The maximum Gasteiger partial charge on any atom is 0.253 e. The van der Waals surface area contributed by atoms with Crippen LogP contribution in [-0.2, 0) is 4.79 Å². The first-order chi connectivity index (χ1) is 14.1. The zero-order valence-corrected chi connectivity index (χ0v) is 17.2. The number of rotatable bonds is 7. The number of hydrogen-bond donors (Lipinski definition) is 1. The summed E-state index contributed by atoms with van der Waals surface area (Å²) in [6, 6.07) is 14.7. The number of benzene rings is 2. The lowest BCUT2D eigenvalue weighted by molar-refractivity contribution is -0.124. The summed E-state index contributed by atoms with van der Waals surface area (Å²) in [4.78, 5) is 27.7. The number of hydrogen-bond acceptors (Lipinski definition) is 4. The predicted octanol–water partition coefficient (Wildman–Crippen LogP) is 3.09. The zero-order chi connectivity index (χ0) is 20.8. The van der Waals surface area contributed by atoms with Gasteiger partial charge in [0.05, 0.1) is 20.1 Å². The Balaban J connectivity index is 1.94.